The summed E-state index contributed by atoms with van der Waals surface area (Å²) in [6.45, 7) is 0. The summed E-state index contributed by atoms with van der Waals surface area (Å²) >= 11 is 0. The Hall–Kier alpha value is -0.870. The Morgan fingerprint density at radius 3 is 3.06 bits per heavy atom. The van der Waals surface area contributed by atoms with E-state index in [4.69, 9.17) is 10.5 Å². The van der Waals surface area contributed by atoms with E-state index in [0.717, 1.165) is 12.8 Å². The third kappa shape index (κ3) is 2.11. The second-order valence-corrected chi connectivity index (χ2v) is 5.42. The van der Waals surface area contributed by atoms with Crippen LogP contribution in [0, 0.1) is 5.92 Å². The molecule has 0 aromatic carbocycles. The summed E-state index contributed by atoms with van der Waals surface area (Å²) in [5, 5.41) is 4.18. The average molecular weight is 235 g/mol. The summed E-state index contributed by atoms with van der Waals surface area (Å²) in [4.78, 5) is 0. The van der Waals surface area contributed by atoms with Crippen LogP contribution in [0.3, 0.4) is 0 Å². The molecule has 2 aliphatic rings. The fraction of sp³-hybridized carbons (Fsp3) is 0.769. The zero-order chi connectivity index (χ0) is 11.8. The summed E-state index contributed by atoms with van der Waals surface area (Å²) in [5.74, 6) is 0.585. The second kappa shape index (κ2) is 4.42. The lowest BCUT2D eigenvalue weighted by Gasteiger charge is -2.25. The van der Waals surface area contributed by atoms with Gasteiger partial charge in [-0.05, 0) is 38.2 Å². The largest absolute Gasteiger partial charge is 0.375 e. The predicted molar refractivity (Wildman–Crippen MR) is 65.5 cm³/mol. The maximum atomic E-state index is 6.32. The van der Waals surface area contributed by atoms with Crippen LogP contribution in [0.4, 0.5) is 0 Å². The minimum Gasteiger partial charge on any atom is -0.375 e. The molecule has 4 atom stereocenters. The fourth-order valence-corrected chi connectivity index (χ4v) is 3.30. The van der Waals surface area contributed by atoms with Crippen molar-refractivity contribution in [3.8, 4) is 0 Å². The van der Waals surface area contributed by atoms with Crippen molar-refractivity contribution in [3.05, 3.63) is 18.0 Å². The Balaban J connectivity index is 1.54. The molecule has 0 radical (unpaired) electrons. The lowest BCUT2D eigenvalue weighted by molar-refractivity contribution is 0.0879. The van der Waals surface area contributed by atoms with Crippen LogP contribution in [0.15, 0.2) is 12.3 Å². The number of rotatable bonds is 4. The fourth-order valence-electron chi connectivity index (χ4n) is 3.30. The zero-order valence-corrected chi connectivity index (χ0v) is 10.4. The molecule has 0 amide bonds. The highest BCUT2D eigenvalue weighted by Gasteiger charge is 2.43. The van der Waals surface area contributed by atoms with Gasteiger partial charge in [0.25, 0.3) is 0 Å². The van der Waals surface area contributed by atoms with E-state index in [0.29, 0.717) is 18.1 Å². The molecule has 0 aliphatic carbocycles. The van der Waals surface area contributed by atoms with Crippen molar-refractivity contribution in [1.82, 2.24) is 9.78 Å². The molecule has 0 spiro atoms. The third-order valence-corrected chi connectivity index (χ3v) is 4.36. The Bertz CT molecular complexity index is 390. The molecule has 17 heavy (non-hydrogen) atoms. The first-order chi connectivity index (χ1) is 8.24. The van der Waals surface area contributed by atoms with E-state index in [1.807, 2.05) is 17.9 Å². The maximum Gasteiger partial charge on any atom is 0.0623 e. The molecular formula is C13H21N3O. The number of aromatic nitrogens is 2. The van der Waals surface area contributed by atoms with Gasteiger partial charge in [0, 0.05) is 30.9 Å². The minimum atomic E-state index is 0.278. The van der Waals surface area contributed by atoms with Gasteiger partial charge in [-0.2, -0.15) is 5.10 Å². The van der Waals surface area contributed by atoms with Crippen molar-refractivity contribution in [3.63, 3.8) is 0 Å². The minimum absolute atomic E-state index is 0.278. The number of nitrogens with two attached hydrogens (primary N) is 1. The van der Waals surface area contributed by atoms with Crippen LogP contribution in [-0.4, -0.2) is 28.0 Å². The highest BCUT2D eigenvalue weighted by Crippen LogP contribution is 2.40. The van der Waals surface area contributed by atoms with Crippen LogP contribution in [0.5, 0.6) is 0 Å². The van der Waals surface area contributed by atoms with Gasteiger partial charge in [0.1, 0.15) is 0 Å². The van der Waals surface area contributed by atoms with Crippen molar-refractivity contribution < 1.29 is 4.74 Å². The van der Waals surface area contributed by atoms with E-state index in [2.05, 4.69) is 11.2 Å². The Labute approximate surface area is 102 Å². The van der Waals surface area contributed by atoms with Gasteiger partial charge >= 0.3 is 0 Å². The number of aryl methyl sites for hydroxylation is 2. The van der Waals surface area contributed by atoms with Crippen molar-refractivity contribution >= 4 is 0 Å². The van der Waals surface area contributed by atoms with Crippen LogP contribution < -0.4 is 5.73 Å². The molecule has 4 heteroatoms. The molecule has 2 saturated heterocycles. The Morgan fingerprint density at radius 1 is 1.59 bits per heavy atom. The van der Waals surface area contributed by atoms with Gasteiger partial charge in [-0.15, -0.1) is 0 Å². The van der Waals surface area contributed by atoms with Crippen LogP contribution in [0.1, 0.15) is 31.4 Å². The zero-order valence-electron chi connectivity index (χ0n) is 10.4. The van der Waals surface area contributed by atoms with E-state index in [1.54, 1.807) is 0 Å². The van der Waals surface area contributed by atoms with Crippen molar-refractivity contribution in [1.29, 1.82) is 0 Å². The average Bonchev–Trinajstić information content (AvgIpc) is 3.01. The SMILES string of the molecule is Cn1nccc1CCC(N)C1CC2CCC1O2. The maximum absolute atomic E-state index is 6.32. The molecule has 1 aromatic heterocycles. The molecule has 3 rings (SSSR count). The first kappa shape index (κ1) is 11.2. The van der Waals surface area contributed by atoms with Gasteiger partial charge in [0.05, 0.1) is 12.2 Å². The molecule has 2 bridgehead atoms. The molecule has 2 N–H and O–H groups in total. The summed E-state index contributed by atoms with van der Waals surface area (Å²) < 4.78 is 7.80. The van der Waals surface area contributed by atoms with Crippen molar-refractivity contribution in [2.75, 3.05) is 0 Å². The van der Waals surface area contributed by atoms with Gasteiger partial charge in [-0.25, -0.2) is 0 Å². The van der Waals surface area contributed by atoms with Crippen LogP contribution in [0.2, 0.25) is 0 Å². The Kier molecular flexibility index (Phi) is 2.92. The number of fused-ring (bicyclic) bond motifs is 2. The highest BCUT2D eigenvalue weighted by atomic mass is 16.5. The number of ether oxygens (including phenoxy) is 1. The second-order valence-electron chi connectivity index (χ2n) is 5.42. The Morgan fingerprint density at radius 2 is 2.47 bits per heavy atom. The molecular weight excluding hydrogens is 214 g/mol. The third-order valence-electron chi connectivity index (χ3n) is 4.36. The quantitative estimate of drug-likeness (QED) is 0.854. The van der Waals surface area contributed by atoms with Crippen molar-refractivity contribution in [2.24, 2.45) is 18.7 Å². The number of nitrogens with zero attached hydrogens (tertiary/aromatic N) is 2. The van der Waals surface area contributed by atoms with Gasteiger partial charge in [0.2, 0.25) is 0 Å². The lowest BCUT2D eigenvalue weighted by atomic mass is 9.82. The van der Waals surface area contributed by atoms with Gasteiger partial charge < -0.3 is 10.5 Å². The van der Waals surface area contributed by atoms with Crippen LogP contribution in [-0.2, 0) is 18.2 Å². The monoisotopic (exact) mass is 235 g/mol. The molecule has 2 aliphatic heterocycles. The molecule has 2 fully saturated rings. The first-order valence-corrected chi connectivity index (χ1v) is 6.62. The van der Waals surface area contributed by atoms with E-state index in [-0.39, 0.29) is 6.04 Å². The summed E-state index contributed by atoms with van der Waals surface area (Å²) in [6, 6.07) is 2.35. The standard InChI is InChI=1S/C13H21N3O/c1-16-9(6-7-15-16)2-4-12(14)11-8-10-3-5-13(11)17-10/h6-7,10-13H,2-5,8,14H2,1H3. The molecule has 3 heterocycles. The van der Waals surface area contributed by atoms with Gasteiger partial charge in [0.15, 0.2) is 0 Å². The number of hydrogen-bond donors (Lipinski definition) is 1. The lowest BCUT2D eigenvalue weighted by Crippen LogP contribution is -2.36. The first-order valence-electron chi connectivity index (χ1n) is 6.62. The molecule has 4 nitrogen and oxygen atoms in total. The topological polar surface area (TPSA) is 53.1 Å². The number of hydrogen-bond acceptors (Lipinski definition) is 3. The van der Waals surface area contributed by atoms with E-state index in [9.17, 15) is 0 Å². The summed E-state index contributed by atoms with van der Waals surface area (Å²) in [5.41, 5.74) is 7.59. The summed E-state index contributed by atoms with van der Waals surface area (Å²) in [6.07, 6.45) is 8.50. The molecule has 4 unspecified atom stereocenters. The van der Waals surface area contributed by atoms with Crippen LogP contribution >= 0.6 is 0 Å². The van der Waals surface area contributed by atoms with Gasteiger partial charge in [-0.1, -0.05) is 0 Å². The van der Waals surface area contributed by atoms with E-state index >= 15 is 0 Å². The predicted octanol–water partition coefficient (Wildman–Crippen LogP) is 1.25. The van der Waals surface area contributed by atoms with Crippen LogP contribution in [0.25, 0.3) is 0 Å². The summed E-state index contributed by atoms with van der Waals surface area (Å²) in [7, 11) is 1.99. The molecule has 1 aromatic rings. The van der Waals surface area contributed by atoms with E-state index < -0.39 is 0 Å². The smallest absolute Gasteiger partial charge is 0.0623 e. The van der Waals surface area contributed by atoms with Crippen molar-refractivity contribution in [2.45, 2.75) is 50.4 Å². The van der Waals surface area contributed by atoms with E-state index in [1.165, 1.54) is 25.0 Å². The normalized spacial score (nSPS) is 33.2. The molecule has 0 saturated carbocycles. The highest BCUT2D eigenvalue weighted by molar-refractivity contribution is 5.02. The molecule has 94 valence electrons. The van der Waals surface area contributed by atoms with Gasteiger partial charge in [-0.3, -0.25) is 4.68 Å².